The summed E-state index contributed by atoms with van der Waals surface area (Å²) in [5.74, 6) is -0.169. The number of benzene rings is 1. The highest BCUT2D eigenvalue weighted by Gasteiger charge is 2.37. The van der Waals surface area contributed by atoms with Gasteiger partial charge in [0, 0.05) is 30.2 Å². The Morgan fingerprint density at radius 3 is 2.88 bits per heavy atom. The van der Waals surface area contributed by atoms with Crippen molar-refractivity contribution in [1.29, 1.82) is 0 Å². The Hall–Kier alpha value is -2.47. The average molecular weight is 341 g/mol. The second-order valence-electron chi connectivity index (χ2n) is 5.50. The quantitative estimate of drug-likeness (QED) is 0.786. The third-order valence-corrected chi connectivity index (χ3v) is 4.70. The Balaban J connectivity index is 1.72. The molecule has 2 heterocycles. The lowest BCUT2D eigenvalue weighted by molar-refractivity contribution is -0.134. The Morgan fingerprint density at radius 1 is 1.42 bits per heavy atom. The van der Waals surface area contributed by atoms with Crippen LogP contribution in [0.4, 0.5) is 5.69 Å². The highest BCUT2D eigenvalue weighted by atomic mass is 32.1. The van der Waals surface area contributed by atoms with Gasteiger partial charge in [0.25, 0.3) is 0 Å². The van der Waals surface area contributed by atoms with Crippen LogP contribution in [0.25, 0.3) is 6.08 Å². The number of amides is 2. The Kier molecular flexibility index (Phi) is 5.05. The summed E-state index contributed by atoms with van der Waals surface area (Å²) >= 11 is 1.48. The molecule has 1 aromatic carbocycles. The van der Waals surface area contributed by atoms with Crippen LogP contribution >= 0.6 is 11.3 Å². The van der Waals surface area contributed by atoms with Crippen LogP contribution in [0.5, 0.6) is 0 Å². The monoisotopic (exact) mass is 341 g/mol. The summed E-state index contributed by atoms with van der Waals surface area (Å²) in [6.07, 6.45) is 3.84. The third-order valence-electron chi connectivity index (χ3n) is 4.09. The van der Waals surface area contributed by atoms with Crippen LogP contribution in [0.15, 0.2) is 47.3 Å². The van der Waals surface area contributed by atoms with Gasteiger partial charge in [-0.3, -0.25) is 9.59 Å². The van der Waals surface area contributed by atoms with Gasteiger partial charge in [-0.05, 0) is 31.6 Å². The predicted octanol–water partition coefficient (Wildman–Crippen LogP) is 2.81. The number of carbonyl (C=O) groups excluding carboxylic acids is 2. The molecule has 1 saturated heterocycles. The normalized spacial score (nSPS) is 17.6. The fourth-order valence-corrected chi connectivity index (χ4v) is 3.43. The first-order valence-corrected chi connectivity index (χ1v) is 8.88. The molecule has 6 heteroatoms. The van der Waals surface area contributed by atoms with Crippen molar-refractivity contribution in [2.45, 2.75) is 19.4 Å². The van der Waals surface area contributed by atoms with Crippen molar-refractivity contribution in [3.63, 3.8) is 0 Å². The lowest BCUT2D eigenvalue weighted by Crippen LogP contribution is -2.44. The molecule has 1 aromatic heterocycles. The van der Waals surface area contributed by atoms with E-state index in [1.807, 2.05) is 42.6 Å². The summed E-state index contributed by atoms with van der Waals surface area (Å²) in [6.45, 7) is 3.03. The number of anilines is 1. The van der Waals surface area contributed by atoms with E-state index < -0.39 is 6.04 Å². The third kappa shape index (κ3) is 3.38. The highest BCUT2D eigenvalue weighted by Crippen LogP contribution is 2.24. The number of para-hydroxylation sites is 1. The molecule has 2 aromatic rings. The molecule has 1 fully saturated rings. The van der Waals surface area contributed by atoms with Gasteiger partial charge in [0.2, 0.25) is 11.8 Å². The summed E-state index contributed by atoms with van der Waals surface area (Å²) < 4.78 is 0. The lowest BCUT2D eigenvalue weighted by atomic mass is 10.2. The molecule has 24 heavy (non-hydrogen) atoms. The SMILES string of the molecule is CCN(C(=O)/C=C/c1cscn1)[C@H]1CCN(c2ccccc2)C1=O. The van der Waals surface area contributed by atoms with Gasteiger partial charge >= 0.3 is 0 Å². The molecule has 0 unspecified atom stereocenters. The molecule has 0 radical (unpaired) electrons. The van der Waals surface area contributed by atoms with E-state index in [-0.39, 0.29) is 11.8 Å². The minimum atomic E-state index is -0.400. The van der Waals surface area contributed by atoms with Crippen molar-refractivity contribution < 1.29 is 9.59 Å². The molecule has 0 bridgehead atoms. The van der Waals surface area contributed by atoms with Crippen LogP contribution in [-0.4, -0.2) is 40.8 Å². The van der Waals surface area contributed by atoms with Crippen LogP contribution in [0, 0.1) is 0 Å². The molecule has 0 spiro atoms. The van der Waals surface area contributed by atoms with E-state index in [2.05, 4.69) is 4.98 Å². The van der Waals surface area contributed by atoms with Gasteiger partial charge in [-0.2, -0.15) is 0 Å². The topological polar surface area (TPSA) is 53.5 Å². The summed E-state index contributed by atoms with van der Waals surface area (Å²) in [5.41, 5.74) is 3.36. The van der Waals surface area contributed by atoms with Gasteiger partial charge in [-0.15, -0.1) is 11.3 Å². The number of nitrogens with zero attached hydrogens (tertiary/aromatic N) is 3. The molecular formula is C18H19N3O2S. The average Bonchev–Trinajstić information content (AvgIpc) is 3.25. The van der Waals surface area contributed by atoms with Crippen LogP contribution < -0.4 is 4.90 Å². The molecule has 124 valence electrons. The number of likely N-dealkylation sites (N-methyl/N-ethyl adjacent to an activating group) is 1. The molecule has 1 aliphatic heterocycles. The van der Waals surface area contributed by atoms with Crippen molar-refractivity contribution in [2.24, 2.45) is 0 Å². The van der Waals surface area contributed by atoms with E-state index >= 15 is 0 Å². The first kappa shape index (κ1) is 16.4. The number of thiazole rings is 1. The van der Waals surface area contributed by atoms with E-state index in [0.29, 0.717) is 19.5 Å². The summed E-state index contributed by atoms with van der Waals surface area (Å²) in [7, 11) is 0. The number of hydrogen-bond donors (Lipinski definition) is 0. The second-order valence-corrected chi connectivity index (χ2v) is 6.22. The maximum atomic E-state index is 12.7. The van der Waals surface area contributed by atoms with Gasteiger partial charge in [-0.1, -0.05) is 18.2 Å². The van der Waals surface area contributed by atoms with E-state index in [1.54, 1.807) is 21.4 Å². The summed E-state index contributed by atoms with van der Waals surface area (Å²) in [5, 5.41) is 1.87. The zero-order valence-electron chi connectivity index (χ0n) is 13.5. The predicted molar refractivity (Wildman–Crippen MR) is 95.7 cm³/mol. The molecule has 1 aliphatic rings. The van der Waals surface area contributed by atoms with Crippen molar-refractivity contribution in [3.05, 3.63) is 53.0 Å². The number of carbonyl (C=O) groups is 2. The molecule has 5 nitrogen and oxygen atoms in total. The van der Waals surface area contributed by atoms with Crippen LogP contribution in [0.3, 0.4) is 0 Å². The van der Waals surface area contributed by atoms with Gasteiger partial charge in [0.1, 0.15) is 6.04 Å². The van der Waals surface area contributed by atoms with E-state index in [0.717, 1.165) is 11.4 Å². The summed E-state index contributed by atoms with van der Waals surface area (Å²) in [6, 6.07) is 9.18. The fraction of sp³-hybridized carbons (Fsp3) is 0.278. The van der Waals surface area contributed by atoms with Crippen LogP contribution in [0.2, 0.25) is 0 Å². The Morgan fingerprint density at radius 2 is 2.21 bits per heavy atom. The standard InChI is InChI=1S/C18H19N3O2S/c1-2-20(17(22)9-8-14-12-24-13-19-14)16-10-11-21(18(16)23)15-6-4-3-5-7-15/h3-9,12-13,16H,2,10-11H2,1H3/b9-8+/t16-/m0/s1. The van der Waals surface area contributed by atoms with Crippen molar-refractivity contribution in [2.75, 3.05) is 18.0 Å². The number of aromatic nitrogens is 1. The Bertz CT molecular complexity index is 728. The van der Waals surface area contributed by atoms with E-state index in [1.165, 1.54) is 17.4 Å². The van der Waals surface area contributed by atoms with Crippen molar-refractivity contribution in [3.8, 4) is 0 Å². The minimum absolute atomic E-state index is 0.0153. The van der Waals surface area contributed by atoms with Gasteiger partial charge in [0.15, 0.2) is 0 Å². The van der Waals surface area contributed by atoms with Crippen LogP contribution in [0.1, 0.15) is 19.0 Å². The largest absolute Gasteiger partial charge is 0.327 e. The number of rotatable bonds is 5. The maximum absolute atomic E-state index is 12.7. The molecule has 0 aliphatic carbocycles. The molecule has 3 rings (SSSR count). The van der Waals surface area contributed by atoms with Crippen LogP contribution in [-0.2, 0) is 9.59 Å². The van der Waals surface area contributed by atoms with E-state index in [4.69, 9.17) is 0 Å². The lowest BCUT2D eigenvalue weighted by Gasteiger charge is -2.25. The highest BCUT2D eigenvalue weighted by molar-refractivity contribution is 7.07. The van der Waals surface area contributed by atoms with Gasteiger partial charge in [-0.25, -0.2) is 4.98 Å². The number of hydrogen-bond acceptors (Lipinski definition) is 4. The minimum Gasteiger partial charge on any atom is -0.327 e. The van der Waals surface area contributed by atoms with Gasteiger partial charge in [0.05, 0.1) is 11.2 Å². The molecular weight excluding hydrogens is 322 g/mol. The Labute approximate surface area is 145 Å². The van der Waals surface area contributed by atoms with Gasteiger partial charge < -0.3 is 9.80 Å². The van der Waals surface area contributed by atoms with Crippen molar-refractivity contribution in [1.82, 2.24) is 9.88 Å². The summed E-state index contributed by atoms with van der Waals surface area (Å²) in [4.78, 5) is 32.7. The zero-order chi connectivity index (χ0) is 16.9. The molecule has 0 N–H and O–H groups in total. The van der Waals surface area contributed by atoms with Crippen molar-refractivity contribution >= 4 is 34.9 Å². The zero-order valence-corrected chi connectivity index (χ0v) is 14.3. The maximum Gasteiger partial charge on any atom is 0.249 e. The van der Waals surface area contributed by atoms with E-state index in [9.17, 15) is 9.59 Å². The molecule has 2 amide bonds. The second kappa shape index (κ2) is 7.40. The molecule has 1 atom stereocenters. The fourth-order valence-electron chi connectivity index (χ4n) is 2.90. The first-order valence-electron chi connectivity index (χ1n) is 7.94. The first-order chi connectivity index (χ1) is 11.7. The molecule has 0 saturated carbocycles. The smallest absolute Gasteiger partial charge is 0.249 e.